The summed E-state index contributed by atoms with van der Waals surface area (Å²) < 4.78 is 5.14. The highest BCUT2D eigenvalue weighted by atomic mass is 32.1. The Morgan fingerprint density at radius 3 is 1.49 bits per heavy atom. The van der Waals surface area contributed by atoms with Gasteiger partial charge in [0.15, 0.2) is 0 Å². The van der Waals surface area contributed by atoms with E-state index in [1.807, 2.05) is 22.7 Å². The summed E-state index contributed by atoms with van der Waals surface area (Å²) in [5, 5.41) is 7.60. The zero-order chi connectivity index (χ0) is 44.3. The van der Waals surface area contributed by atoms with Crippen molar-refractivity contribution in [3.63, 3.8) is 0 Å². The first-order chi connectivity index (χ1) is 33.2. The number of rotatable bonds is 8. The lowest BCUT2D eigenvalue weighted by Crippen LogP contribution is -2.10. The highest BCUT2D eigenvalue weighted by molar-refractivity contribution is 7.26. The van der Waals surface area contributed by atoms with Crippen LogP contribution in [0.5, 0.6) is 0 Å². The number of fused-ring (bicyclic) bond motifs is 7. The van der Waals surface area contributed by atoms with Gasteiger partial charge in [0.2, 0.25) is 0 Å². The van der Waals surface area contributed by atoms with Gasteiger partial charge in [-0.1, -0.05) is 200 Å². The Balaban J connectivity index is 0.978. The molecule has 0 unspecified atom stereocenters. The van der Waals surface area contributed by atoms with Crippen LogP contribution in [0, 0.1) is 0 Å². The molecule has 0 bridgehead atoms. The first-order valence-corrected chi connectivity index (χ1v) is 24.4. The third-order valence-corrected chi connectivity index (χ3v) is 15.6. The molecule has 13 aromatic rings. The summed E-state index contributed by atoms with van der Waals surface area (Å²) >= 11 is 3.76. The van der Waals surface area contributed by atoms with Gasteiger partial charge >= 0.3 is 0 Å². The van der Waals surface area contributed by atoms with E-state index in [0.29, 0.717) is 0 Å². The van der Waals surface area contributed by atoms with E-state index in [-0.39, 0.29) is 0 Å². The van der Waals surface area contributed by atoms with E-state index in [1.165, 1.54) is 107 Å². The molecule has 0 radical (unpaired) electrons. The van der Waals surface area contributed by atoms with Crippen molar-refractivity contribution >= 4 is 90.9 Å². The van der Waals surface area contributed by atoms with Crippen molar-refractivity contribution in [1.29, 1.82) is 0 Å². The summed E-state index contributed by atoms with van der Waals surface area (Å²) in [6.07, 6.45) is 0. The molecule has 3 heteroatoms. The maximum atomic E-state index is 2.49. The monoisotopic (exact) mass is 887 g/mol. The van der Waals surface area contributed by atoms with Gasteiger partial charge in [-0.25, -0.2) is 0 Å². The van der Waals surface area contributed by atoms with Crippen LogP contribution < -0.4 is 4.90 Å². The minimum Gasteiger partial charge on any atom is -0.310 e. The van der Waals surface area contributed by atoms with Gasteiger partial charge in [0.05, 0.1) is 5.69 Å². The second-order valence-electron chi connectivity index (χ2n) is 17.2. The predicted molar refractivity (Wildman–Crippen MR) is 292 cm³/mol. The second kappa shape index (κ2) is 16.4. The maximum Gasteiger partial charge on any atom is 0.0555 e. The second-order valence-corrected chi connectivity index (χ2v) is 19.4. The van der Waals surface area contributed by atoms with Crippen molar-refractivity contribution in [3.05, 3.63) is 249 Å². The molecule has 0 aliphatic carbocycles. The van der Waals surface area contributed by atoms with Gasteiger partial charge < -0.3 is 4.90 Å². The van der Waals surface area contributed by atoms with E-state index in [1.54, 1.807) is 0 Å². The van der Waals surface area contributed by atoms with E-state index >= 15 is 0 Å². The molecule has 0 saturated carbocycles. The number of hydrogen-bond donors (Lipinski definition) is 0. The van der Waals surface area contributed by atoms with Crippen LogP contribution in [0.25, 0.3) is 107 Å². The lowest BCUT2D eigenvalue weighted by atomic mass is 9.96. The maximum absolute atomic E-state index is 2.49. The summed E-state index contributed by atoms with van der Waals surface area (Å²) in [7, 11) is 0. The summed E-state index contributed by atoms with van der Waals surface area (Å²) in [5.74, 6) is 0. The predicted octanol–water partition coefficient (Wildman–Crippen LogP) is 19.4. The lowest BCUT2D eigenvalue weighted by molar-refractivity contribution is 1.31. The normalized spacial score (nSPS) is 11.6. The van der Waals surface area contributed by atoms with Crippen LogP contribution in [0.4, 0.5) is 17.1 Å². The zero-order valence-electron chi connectivity index (χ0n) is 36.4. The van der Waals surface area contributed by atoms with E-state index in [0.717, 1.165) is 17.1 Å². The van der Waals surface area contributed by atoms with Gasteiger partial charge in [0, 0.05) is 51.7 Å². The fraction of sp³-hybridized carbons (Fsp3) is 0. The summed E-state index contributed by atoms with van der Waals surface area (Å²) in [6, 6.07) is 91.4. The number of anilines is 3. The van der Waals surface area contributed by atoms with Crippen molar-refractivity contribution in [2.24, 2.45) is 0 Å². The number of nitrogens with zero attached hydrogens (tertiary/aromatic N) is 1. The van der Waals surface area contributed by atoms with Crippen molar-refractivity contribution < 1.29 is 0 Å². The van der Waals surface area contributed by atoms with E-state index in [4.69, 9.17) is 0 Å². The number of thiophene rings is 2. The minimum atomic E-state index is 1.11. The minimum absolute atomic E-state index is 1.11. The standard InChI is InChI=1S/C64H41NS2/c1-4-13-42(14-5-1)49-29-34-56-58-41-52(33-38-60(58)66-61(56)39-49)65(51-31-27-45(28-32-51)44-23-25-48(26-24-44)54-22-12-20-46-19-10-11-21-53(46)54)59-37-36-55(47-17-8-3-9-18-47)64-63(59)57-35-30-50(40-62(57)67-64)43-15-6-2-7-16-43/h1-41H. The molecule has 0 spiro atoms. The van der Waals surface area contributed by atoms with Crippen molar-refractivity contribution in [2.75, 3.05) is 4.90 Å². The Bertz CT molecular complexity index is 3940. The topological polar surface area (TPSA) is 3.24 Å². The van der Waals surface area contributed by atoms with Crippen LogP contribution >= 0.6 is 22.7 Å². The van der Waals surface area contributed by atoms with Crippen LogP contribution in [0.15, 0.2) is 249 Å². The molecule has 0 amide bonds. The number of benzene rings is 11. The molecular formula is C64H41NS2. The lowest BCUT2D eigenvalue weighted by Gasteiger charge is -2.27. The molecule has 0 aliphatic heterocycles. The molecule has 0 atom stereocenters. The SMILES string of the molecule is c1ccc(-c2ccc3c(c2)sc2ccc(N(c4ccc(-c5ccc(-c6cccc7ccccc67)cc5)cc4)c4ccc(-c5ccccc5)c5sc6cc(-c7ccccc7)ccc6c45)cc23)cc1. The molecule has 0 fully saturated rings. The fourth-order valence-electron chi connectivity index (χ4n) is 9.97. The van der Waals surface area contributed by atoms with E-state index in [2.05, 4.69) is 254 Å². The first kappa shape index (κ1) is 39.3. The van der Waals surface area contributed by atoms with Crippen LogP contribution in [-0.2, 0) is 0 Å². The molecule has 0 N–H and O–H groups in total. The molecule has 0 aliphatic rings. The Kier molecular flexibility index (Phi) is 9.63. The zero-order valence-corrected chi connectivity index (χ0v) is 38.1. The highest BCUT2D eigenvalue weighted by Gasteiger charge is 2.23. The average Bonchev–Trinajstić information content (AvgIpc) is 3.98. The van der Waals surface area contributed by atoms with Gasteiger partial charge in [-0.3, -0.25) is 0 Å². The van der Waals surface area contributed by atoms with E-state index in [9.17, 15) is 0 Å². The molecule has 67 heavy (non-hydrogen) atoms. The third kappa shape index (κ3) is 6.99. The van der Waals surface area contributed by atoms with E-state index < -0.39 is 0 Å². The van der Waals surface area contributed by atoms with Crippen LogP contribution in [0.3, 0.4) is 0 Å². The van der Waals surface area contributed by atoms with Crippen molar-refractivity contribution in [3.8, 4) is 55.6 Å². The molecule has 1 nitrogen and oxygen atoms in total. The van der Waals surface area contributed by atoms with Gasteiger partial charge in [0.25, 0.3) is 0 Å². The first-order valence-electron chi connectivity index (χ1n) is 22.8. The molecule has 11 aromatic carbocycles. The summed E-state index contributed by atoms with van der Waals surface area (Å²) in [5.41, 5.74) is 15.6. The third-order valence-electron chi connectivity index (χ3n) is 13.3. The van der Waals surface area contributed by atoms with Gasteiger partial charge in [-0.05, 0) is 115 Å². The average molecular weight is 888 g/mol. The molecule has 13 rings (SSSR count). The van der Waals surface area contributed by atoms with Crippen LogP contribution in [0.1, 0.15) is 0 Å². The Morgan fingerprint density at radius 1 is 0.269 bits per heavy atom. The van der Waals surface area contributed by atoms with Crippen molar-refractivity contribution in [2.45, 2.75) is 0 Å². The van der Waals surface area contributed by atoms with Gasteiger partial charge in [-0.2, -0.15) is 0 Å². The summed E-state index contributed by atoms with van der Waals surface area (Å²) in [6.45, 7) is 0. The Labute approximate surface area is 397 Å². The molecule has 314 valence electrons. The molecule has 2 aromatic heterocycles. The number of hydrogen-bond acceptors (Lipinski definition) is 3. The molecule has 0 saturated heterocycles. The van der Waals surface area contributed by atoms with Crippen LogP contribution in [0.2, 0.25) is 0 Å². The smallest absolute Gasteiger partial charge is 0.0555 e. The van der Waals surface area contributed by atoms with Crippen LogP contribution in [-0.4, -0.2) is 0 Å². The Hall–Kier alpha value is -8.08. The molecule has 2 heterocycles. The Morgan fingerprint density at radius 2 is 0.791 bits per heavy atom. The highest BCUT2D eigenvalue weighted by Crippen LogP contribution is 2.50. The van der Waals surface area contributed by atoms with Gasteiger partial charge in [0.1, 0.15) is 0 Å². The van der Waals surface area contributed by atoms with Crippen molar-refractivity contribution in [1.82, 2.24) is 0 Å². The summed E-state index contributed by atoms with van der Waals surface area (Å²) in [4.78, 5) is 2.49. The van der Waals surface area contributed by atoms with Gasteiger partial charge in [-0.15, -0.1) is 22.7 Å². The largest absolute Gasteiger partial charge is 0.310 e. The fourth-order valence-corrected chi connectivity index (χ4v) is 12.4. The molecular weight excluding hydrogens is 847 g/mol. The quantitative estimate of drug-likeness (QED) is 0.147.